The molecule has 0 saturated heterocycles. The molecule has 0 rings (SSSR count). The van der Waals surface area contributed by atoms with Gasteiger partial charge >= 0.3 is 11.9 Å². The minimum atomic E-state index is -0.782. The monoisotopic (exact) mass is 1030 g/mol. The van der Waals surface area contributed by atoms with Crippen LogP contribution < -0.4 is 0 Å². The number of carbonyl (C=O) groups excluding carboxylic acids is 2. The van der Waals surface area contributed by atoms with Gasteiger partial charge < -0.3 is 14.6 Å². The lowest BCUT2D eigenvalue weighted by Gasteiger charge is -2.15. The Morgan fingerprint density at radius 1 is 0.324 bits per heavy atom. The number of rotatable bonds is 58. The van der Waals surface area contributed by atoms with Crippen LogP contribution in [-0.2, 0) is 19.1 Å². The lowest BCUT2D eigenvalue weighted by molar-refractivity contribution is -0.161. The number of aliphatic hydroxyl groups is 1. The molecular weight excluding hydrogens is 909 g/mol. The fraction of sp³-hybridized carbons (Fsp3) is 0.739. The summed E-state index contributed by atoms with van der Waals surface area (Å²) >= 11 is 0. The fourth-order valence-corrected chi connectivity index (χ4v) is 9.16. The van der Waals surface area contributed by atoms with Gasteiger partial charge in [0.2, 0.25) is 0 Å². The van der Waals surface area contributed by atoms with E-state index >= 15 is 0 Å². The third-order valence-electron chi connectivity index (χ3n) is 13.9. The van der Waals surface area contributed by atoms with Crippen LogP contribution in [0, 0.1) is 0 Å². The van der Waals surface area contributed by atoms with E-state index in [1.807, 2.05) is 0 Å². The van der Waals surface area contributed by atoms with Crippen molar-refractivity contribution in [3.05, 3.63) is 97.2 Å². The van der Waals surface area contributed by atoms with Gasteiger partial charge in [0.1, 0.15) is 6.61 Å². The zero-order chi connectivity index (χ0) is 53.4. The first kappa shape index (κ1) is 70.8. The van der Waals surface area contributed by atoms with Crippen LogP contribution in [0.15, 0.2) is 97.2 Å². The van der Waals surface area contributed by atoms with Crippen LogP contribution in [0.5, 0.6) is 0 Å². The van der Waals surface area contributed by atoms with Crippen molar-refractivity contribution in [3.8, 4) is 0 Å². The summed E-state index contributed by atoms with van der Waals surface area (Å²) in [5.74, 6) is -0.592. The molecule has 0 aliphatic heterocycles. The van der Waals surface area contributed by atoms with Crippen molar-refractivity contribution < 1.29 is 24.2 Å². The Morgan fingerprint density at radius 3 is 0.878 bits per heavy atom. The molecule has 0 aromatic rings. The maximum absolute atomic E-state index is 12.3. The number of unbranched alkanes of at least 4 members (excludes halogenated alkanes) is 34. The molecule has 74 heavy (non-hydrogen) atoms. The minimum Gasteiger partial charge on any atom is -0.462 e. The van der Waals surface area contributed by atoms with Crippen molar-refractivity contribution in [3.63, 3.8) is 0 Å². The third-order valence-corrected chi connectivity index (χ3v) is 13.9. The van der Waals surface area contributed by atoms with E-state index in [4.69, 9.17) is 9.47 Å². The topological polar surface area (TPSA) is 72.8 Å². The van der Waals surface area contributed by atoms with Gasteiger partial charge in [-0.25, -0.2) is 0 Å². The van der Waals surface area contributed by atoms with Crippen LogP contribution in [0.4, 0.5) is 0 Å². The second kappa shape index (κ2) is 64.1. The zero-order valence-electron chi connectivity index (χ0n) is 48.8. The van der Waals surface area contributed by atoms with Crippen LogP contribution in [-0.4, -0.2) is 36.4 Å². The van der Waals surface area contributed by atoms with Crippen LogP contribution >= 0.6 is 0 Å². The van der Waals surface area contributed by atoms with Gasteiger partial charge in [0.15, 0.2) is 6.10 Å². The molecule has 0 aromatic carbocycles. The summed E-state index contributed by atoms with van der Waals surface area (Å²) in [6.45, 7) is 4.05. The van der Waals surface area contributed by atoms with Gasteiger partial charge in [-0.3, -0.25) is 9.59 Å². The van der Waals surface area contributed by atoms with Crippen LogP contribution in [0.3, 0.4) is 0 Å². The predicted octanol–water partition coefficient (Wildman–Crippen LogP) is 21.9. The molecule has 0 spiro atoms. The molecule has 0 amide bonds. The highest BCUT2D eigenvalue weighted by Crippen LogP contribution is 2.17. The lowest BCUT2D eigenvalue weighted by Crippen LogP contribution is -2.28. The molecule has 0 radical (unpaired) electrons. The maximum atomic E-state index is 12.3. The molecule has 0 saturated carbocycles. The lowest BCUT2D eigenvalue weighted by atomic mass is 10.0. The van der Waals surface area contributed by atoms with E-state index in [2.05, 4.69) is 111 Å². The number of ether oxygens (including phenoxy) is 2. The van der Waals surface area contributed by atoms with Gasteiger partial charge in [-0.15, -0.1) is 0 Å². The summed E-state index contributed by atoms with van der Waals surface area (Å²) in [4.78, 5) is 24.6. The number of hydrogen-bond acceptors (Lipinski definition) is 5. The molecule has 0 bridgehead atoms. The molecule has 0 heterocycles. The summed E-state index contributed by atoms with van der Waals surface area (Å²) in [5.41, 5.74) is 0. The van der Waals surface area contributed by atoms with Crippen LogP contribution in [0.1, 0.15) is 309 Å². The SMILES string of the molecule is CC/C=C\C/C=C\C/C=C\C/C=C\C/C=C\C/C=C\C/C=C\C/C=C\CCCCCCCCCCC(=O)OC(CO)COC(=O)CCCCCCCCCCCCCCCCCCCCCCCCCCCCC. The predicted molar refractivity (Wildman–Crippen MR) is 325 cm³/mol. The average Bonchev–Trinajstić information content (AvgIpc) is 3.40. The highest BCUT2D eigenvalue weighted by Gasteiger charge is 2.16. The quantitative estimate of drug-likeness (QED) is 0.0373. The molecule has 0 aliphatic carbocycles. The van der Waals surface area contributed by atoms with Crippen molar-refractivity contribution in [1.29, 1.82) is 0 Å². The standard InChI is InChI=1S/C69H120O5/c1-3-5-7-9-11-13-15-17-19-21-23-25-27-29-31-32-33-34-35-36-38-40-42-44-46-48-50-52-54-56-58-60-62-64-69(72)74-67(65-70)66-73-68(71)63-61-59-57-55-53-51-49-47-45-43-41-39-37-30-28-26-24-22-20-18-16-14-12-10-8-6-4-2/h5,7,11,13,17,19,23,25,29,31,33-34,36,38,42,44,67,70H,3-4,6,8-10,12,14-16,18,20-22,24,26-28,30,32,35,37,39-41,43,45-66H2,1-2H3/b7-5-,13-11-,19-17-,25-23-,31-29-,34-33-,38-36-,44-42-. The second-order valence-electron chi connectivity index (χ2n) is 21.1. The summed E-state index contributed by atoms with van der Waals surface area (Å²) in [6, 6.07) is 0. The van der Waals surface area contributed by atoms with Gasteiger partial charge in [-0.05, 0) is 77.0 Å². The third kappa shape index (κ3) is 61.4. The summed E-state index contributed by atoms with van der Waals surface area (Å²) in [5, 5.41) is 9.68. The number of allylic oxidation sites excluding steroid dienone is 16. The Balaban J connectivity index is 3.51. The van der Waals surface area contributed by atoms with E-state index in [9.17, 15) is 14.7 Å². The Bertz CT molecular complexity index is 1400. The molecule has 1 N–H and O–H groups in total. The molecule has 5 heteroatoms. The van der Waals surface area contributed by atoms with Gasteiger partial charge in [0, 0.05) is 12.8 Å². The average molecular weight is 1030 g/mol. The molecule has 1 unspecified atom stereocenters. The molecule has 426 valence electrons. The minimum absolute atomic E-state index is 0.0703. The maximum Gasteiger partial charge on any atom is 0.306 e. The molecule has 0 aliphatic rings. The van der Waals surface area contributed by atoms with Gasteiger partial charge in [-0.2, -0.15) is 0 Å². The largest absolute Gasteiger partial charge is 0.462 e. The molecule has 1 atom stereocenters. The van der Waals surface area contributed by atoms with Crippen molar-refractivity contribution in [2.45, 2.75) is 315 Å². The van der Waals surface area contributed by atoms with Crippen molar-refractivity contribution in [2.75, 3.05) is 13.2 Å². The van der Waals surface area contributed by atoms with E-state index in [1.54, 1.807) is 0 Å². The Kier molecular flexibility index (Phi) is 61.4. The van der Waals surface area contributed by atoms with E-state index in [1.165, 1.54) is 186 Å². The Morgan fingerprint density at radius 2 is 0.581 bits per heavy atom. The van der Waals surface area contributed by atoms with E-state index < -0.39 is 6.10 Å². The van der Waals surface area contributed by atoms with Gasteiger partial charge in [-0.1, -0.05) is 317 Å². The Labute approximate surface area is 459 Å². The first-order chi connectivity index (χ1) is 36.6. The smallest absolute Gasteiger partial charge is 0.306 e. The number of aliphatic hydroxyl groups excluding tert-OH is 1. The molecule has 0 aromatic heterocycles. The zero-order valence-corrected chi connectivity index (χ0v) is 48.8. The first-order valence-corrected chi connectivity index (χ1v) is 31.8. The van der Waals surface area contributed by atoms with E-state index in [-0.39, 0.29) is 25.2 Å². The Hall–Kier alpha value is -3.18. The number of hydrogen-bond donors (Lipinski definition) is 1. The summed E-state index contributed by atoms with van der Waals surface area (Å²) in [7, 11) is 0. The summed E-state index contributed by atoms with van der Waals surface area (Å²) in [6.07, 6.45) is 91.2. The molecule has 0 fully saturated rings. The fourth-order valence-electron chi connectivity index (χ4n) is 9.16. The highest BCUT2D eigenvalue weighted by molar-refractivity contribution is 5.70. The second-order valence-corrected chi connectivity index (χ2v) is 21.1. The summed E-state index contributed by atoms with van der Waals surface area (Å²) < 4.78 is 10.7. The van der Waals surface area contributed by atoms with Crippen molar-refractivity contribution in [1.82, 2.24) is 0 Å². The van der Waals surface area contributed by atoms with E-state index in [0.717, 1.165) is 96.3 Å². The highest BCUT2D eigenvalue weighted by atomic mass is 16.6. The molecule has 5 nitrogen and oxygen atoms in total. The van der Waals surface area contributed by atoms with Crippen molar-refractivity contribution >= 4 is 11.9 Å². The van der Waals surface area contributed by atoms with Crippen LogP contribution in [0.2, 0.25) is 0 Å². The number of esters is 2. The van der Waals surface area contributed by atoms with E-state index in [0.29, 0.717) is 12.8 Å². The molecular formula is C69H120O5. The normalized spacial score (nSPS) is 12.9. The van der Waals surface area contributed by atoms with Gasteiger partial charge in [0.05, 0.1) is 6.61 Å². The van der Waals surface area contributed by atoms with Gasteiger partial charge in [0.25, 0.3) is 0 Å². The van der Waals surface area contributed by atoms with Crippen molar-refractivity contribution in [2.24, 2.45) is 0 Å². The number of carbonyl (C=O) groups is 2. The first-order valence-electron chi connectivity index (χ1n) is 31.8. The van der Waals surface area contributed by atoms with Crippen LogP contribution in [0.25, 0.3) is 0 Å².